The normalized spacial score (nSPS) is 23.4. The highest BCUT2D eigenvalue weighted by Gasteiger charge is 2.24. The summed E-state index contributed by atoms with van der Waals surface area (Å²) in [5.74, 6) is 0.0919. The van der Waals surface area contributed by atoms with Gasteiger partial charge in [-0.1, -0.05) is 115 Å². The van der Waals surface area contributed by atoms with Crippen molar-refractivity contribution in [2.75, 3.05) is 59.6 Å². The topological polar surface area (TPSA) is 85.4 Å². The summed E-state index contributed by atoms with van der Waals surface area (Å²) < 4.78 is 17.4. The number of hydrogen-bond acceptors (Lipinski definition) is 8. The lowest BCUT2D eigenvalue weighted by Crippen LogP contribution is -2.44. The fourth-order valence-corrected chi connectivity index (χ4v) is 8.03. The van der Waals surface area contributed by atoms with Crippen molar-refractivity contribution in [2.45, 2.75) is 174 Å². The van der Waals surface area contributed by atoms with Crippen LogP contribution in [0.2, 0.25) is 0 Å². The van der Waals surface area contributed by atoms with E-state index in [1.54, 1.807) is 0 Å². The molecule has 0 aromatic carbocycles. The van der Waals surface area contributed by atoms with Gasteiger partial charge in [0.05, 0.1) is 25.7 Å². The fourth-order valence-electron chi connectivity index (χ4n) is 8.03. The van der Waals surface area contributed by atoms with E-state index >= 15 is 0 Å². The van der Waals surface area contributed by atoms with Gasteiger partial charge in [0.2, 0.25) is 0 Å². The number of carbonyl (C=O) groups is 3. The number of cyclic esters (lactones) is 2. The Bertz CT molecular complexity index is 1110. The molecule has 2 atom stereocenters. The molecule has 0 amide bonds. The van der Waals surface area contributed by atoms with Crippen molar-refractivity contribution in [1.82, 2.24) is 9.80 Å². The minimum absolute atomic E-state index is 0.0342. The minimum atomic E-state index is -0.123. The predicted molar refractivity (Wildman–Crippen MR) is 224 cm³/mol. The number of ether oxygens (including phenoxy) is 3. The Morgan fingerprint density at radius 2 is 1.22 bits per heavy atom. The monoisotopic (exact) mass is 769 g/mol. The Hall–Kier alpha value is -2.59. The maximum Gasteiger partial charge on any atom is 0.308 e. The summed E-state index contributed by atoms with van der Waals surface area (Å²) in [7, 11) is 2.17. The number of esters is 3. The van der Waals surface area contributed by atoms with Gasteiger partial charge in [0, 0.05) is 45.6 Å². The smallest absolute Gasteiger partial charge is 0.308 e. The van der Waals surface area contributed by atoms with Gasteiger partial charge in [-0.25, -0.2) is 0 Å². The largest absolute Gasteiger partial charge is 0.466 e. The molecule has 2 fully saturated rings. The van der Waals surface area contributed by atoms with Gasteiger partial charge in [-0.2, -0.15) is 0 Å². The van der Waals surface area contributed by atoms with Crippen molar-refractivity contribution < 1.29 is 28.6 Å². The Labute approximate surface area is 336 Å². The lowest BCUT2D eigenvalue weighted by molar-refractivity contribution is -0.149. The van der Waals surface area contributed by atoms with E-state index in [0.717, 1.165) is 180 Å². The maximum atomic E-state index is 13.2. The fraction of sp³-hybridized carbons (Fsp3) is 0.830. The zero-order chi connectivity index (χ0) is 39.8. The van der Waals surface area contributed by atoms with Crippen LogP contribution in [0.25, 0.3) is 0 Å². The van der Waals surface area contributed by atoms with Gasteiger partial charge in [-0.15, -0.1) is 0 Å². The summed E-state index contributed by atoms with van der Waals surface area (Å²) in [6, 6.07) is 0. The third-order valence-corrected chi connectivity index (χ3v) is 11.6. The van der Waals surface area contributed by atoms with Crippen LogP contribution in [0.5, 0.6) is 0 Å². The molecule has 2 aliphatic rings. The maximum absolute atomic E-state index is 13.2. The highest BCUT2D eigenvalue weighted by atomic mass is 16.5. The summed E-state index contributed by atoms with van der Waals surface area (Å²) in [6.07, 6.45) is 23.7. The molecule has 0 aromatic heterocycles. The van der Waals surface area contributed by atoms with E-state index in [-0.39, 0.29) is 35.7 Å². The predicted octanol–water partition coefficient (Wildman–Crippen LogP) is 10.5. The van der Waals surface area contributed by atoms with Crippen LogP contribution in [0.4, 0.5) is 0 Å². The molecule has 0 saturated carbocycles. The molecule has 0 radical (unpaired) electrons. The lowest BCUT2D eigenvalue weighted by atomic mass is 9.79. The van der Waals surface area contributed by atoms with Crippen LogP contribution in [0.3, 0.4) is 0 Å². The first-order valence-electron chi connectivity index (χ1n) is 22.7. The molecule has 0 spiro atoms. The van der Waals surface area contributed by atoms with E-state index < -0.39 is 0 Å². The van der Waals surface area contributed by atoms with Crippen LogP contribution in [0, 0.1) is 17.8 Å². The third kappa shape index (κ3) is 23.9. The van der Waals surface area contributed by atoms with Crippen molar-refractivity contribution in [3.63, 3.8) is 0 Å². The summed E-state index contributed by atoms with van der Waals surface area (Å²) >= 11 is 0. The van der Waals surface area contributed by atoms with Gasteiger partial charge in [0.1, 0.15) is 0 Å². The number of piperazine rings is 1. The van der Waals surface area contributed by atoms with Crippen molar-refractivity contribution >= 4 is 17.9 Å². The molecular weight excluding hydrogens is 689 g/mol. The van der Waals surface area contributed by atoms with Gasteiger partial charge in [0.25, 0.3) is 0 Å². The molecule has 2 saturated heterocycles. The first-order chi connectivity index (χ1) is 26.9. The molecule has 2 unspecified atom stereocenters. The quantitative estimate of drug-likeness (QED) is 0.0792. The summed E-state index contributed by atoms with van der Waals surface area (Å²) in [5.41, 5.74) is 10.4. The Morgan fingerprint density at radius 1 is 0.709 bits per heavy atom. The van der Waals surface area contributed by atoms with E-state index in [9.17, 15) is 14.4 Å². The average molecular weight is 769 g/mol. The van der Waals surface area contributed by atoms with Gasteiger partial charge in [-0.3, -0.25) is 14.4 Å². The van der Waals surface area contributed by atoms with Crippen molar-refractivity contribution in [3.05, 3.63) is 29.3 Å². The van der Waals surface area contributed by atoms with E-state index in [4.69, 9.17) is 14.2 Å². The second kappa shape index (κ2) is 32.5. The number of unbranched alkanes of at least 4 members (excludes halogenated alkanes) is 4. The molecule has 8 heteroatoms. The standard InChI is InChI=1S/C47H80N2O6/c1-5-8-17-24-41-31-39-53-45(50)29-21-15-11-13-19-26-43(47(52)55-38-23-33-49-36-34-48(4)35-37-49)27-20-14-12-16-22-30-46(51)54-40-32-42(25-18-9-6-2)44(41)28-10-7-3/h41-43H,3,5-6,8-9,11-27,29-40H2,1-2,4H3. The Kier molecular flexibility index (Phi) is 28.7. The summed E-state index contributed by atoms with van der Waals surface area (Å²) in [5, 5.41) is 0. The van der Waals surface area contributed by atoms with Gasteiger partial charge < -0.3 is 24.0 Å². The second-order valence-corrected chi connectivity index (χ2v) is 16.3. The lowest BCUT2D eigenvalue weighted by Gasteiger charge is -2.32. The molecule has 2 aliphatic heterocycles. The van der Waals surface area contributed by atoms with Crippen LogP contribution in [0.15, 0.2) is 29.3 Å². The zero-order valence-electron chi connectivity index (χ0n) is 35.6. The SMILES string of the molecule is C=C=C=C=C1C(CCCCC)CCOC(=O)CCCCCCCC(C(=O)OCCCN2CCN(C)CC2)CCCCCCCC(=O)OCCC1CCCCC. The Balaban J connectivity index is 2.01. The van der Waals surface area contributed by atoms with E-state index in [2.05, 4.69) is 54.5 Å². The van der Waals surface area contributed by atoms with E-state index in [1.165, 1.54) is 5.57 Å². The molecular formula is C47H80N2O6. The van der Waals surface area contributed by atoms with E-state index in [1.807, 2.05) is 0 Å². The summed E-state index contributed by atoms with van der Waals surface area (Å²) in [6.45, 7) is 14.8. The third-order valence-electron chi connectivity index (χ3n) is 11.6. The Morgan fingerprint density at radius 3 is 1.73 bits per heavy atom. The molecule has 2 heterocycles. The molecule has 0 aliphatic carbocycles. The van der Waals surface area contributed by atoms with Crippen molar-refractivity contribution in [1.29, 1.82) is 0 Å². The van der Waals surface area contributed by atoms with Crippen LogP contribution in [-0.2, 0) is 28.6 Å². The number of rotatable bonds is 13. The second-order valence-electron chi connectivity index (χ2n) is 16.3. The molecule has 55 heavy (non-hydrogen) atoms. The molecule has 0 bridgehead atoms. The van der Waals surface area contributed by atoms with Crippen LogP contribution >= 0.6 is 0 Å². The number of hydrogen-bond donors (Lipinski definition) is 0. The number of allylic oxidation sites excluding steroid dienone is 1. The average Bonchev–Trinajstić information content (AvgIpc) is 3.17. The molecule has 2 rings (SSSR count). The highest BCUT2D eigenvalue weighted by molar-refractivity contribution is 5.72. The first-order valence-corrected chi connectivity index (χ1v) is 22.7. The first kappa shape index (κ1) is 48.6. The van der Waals surface area contributed by atoms with Crippen molar-refractivity contribution in [2.24, 2.45) is 17.8 Å². The number of carbonyl (C=O) groups excluding carboxylic acids is 3. The number of likely N-dealkylation sites (N-methyl/N-ethyl adjacent to an activating group) is 1. The minimum Gasteiger partial charge on any atom is -0.466 e. The summed E-state index contributed by atoms with van der Waals surface area (Å²) in [4.78, 5) is 43.6. The van der Waals surface area contributed by atoms with Crippen molar-refractivity contribution in [3.8, 4) is 0 Å². The highest BCUT2D eigenvalue weighted by Crippen LogP contribution is 2.33. The molecule has 0 aromatic rings. The van der Waals surface area contributed by atoms with Gasteiger partial charge in [-0.05, 0) is 94.6 Å². The van der Waals surface area contributed by atoms with E-state index in [0.29, 0.717) is 32.7 Å². The number of nitrogens with zero attached hydrogens (tertiary/aromatic N) is 2. The van der Waals surface area contributed by atoms with Crippen LogP contribution < -0.4 is 0 Å². The van der Waals surface area contributed by atoms with Crippen LogP contribution in [-0.4, -0.2) is 87.3 Å². The van der Waals surface area contributed by atoms with Gasteiger partial charge in [0.15, 0.2) is 0 Å². The van der Waals surface area contributed by atoms with Gasteiger partial charge >= 0.3 is 17.9 Å². The molecule has 0 N–H and O–H groups in total. The van der Waals surface area contributed by atoms with Crippen LogP contribution in [0.1, 0.15) is 174 Å². The molecule has 314 valence electrons. The zero-order valence-corrected chi connectivity index (χ0v) is 35.6. The molecule has 8 nitrogen and oxygen atoms in total.